The van der Waals surface area contributed by atoms with Crippen LogP contribution in [0.3, 0.4) is 0 Å². The molecule has 17 nitrogen and oxygen atoms in total. The van der Waals surface area contributed by atoms with Crippen LogP contribution in [0.5, 0.6) is 5.75 Å². The number of cyclic esters (lactones) is 1. The van der Waals surface area contributed by atoms with E-state index < -0.39 is 89.9 Å². The Bertz CT molecular complexity index is 2360. The standard InChI is InChI=1S/C60H89N5O12/c1-11-44-31-39(7)60(63-55(44)71)42(10)54(70)41(9)51(77-60)34-49(68)36(4)21-16-14-17-22-37(5)50-27-18-13-12-15-23-38(6)53(69)46(29-28-40(8)66)56(72)62-52(35(2)3)57(73)61-48(33-43-24-19-25-45(67)32-43)58(74)65-30-20-26-47(64-65)59(75)76-50/h12-15,17-19,22-25,32,35-36,39,41-42,44,46-54,64,67-70H,11,16,20-21,26-31,33-34H2,1-10H3,(H,61,73)(H,62,72)(H,63,71)/t36-,39-,41-,42-,44-,46+,47-,48-,49-,50-,51-,52-,53+,54-,60+/m0/s1. The lowest BCUT2D eigenvalue weighted by molar-refractivity contribution is -0.267. The molecule has 3 saturated heterocycles. The number of benzene rings is 1. The molecule has 0 saturated carbocycles. The van der Waals surface area contributed by atoms with E-state index in [2.05, 4.69) is 28.3 Å². The molecule has 0 unspecified atom stereocenters. The normalized spacial score (nSPS) is 32.4. The predicted molar refractivity (Wildman–Crippen MR) is 294 cm³/mol. The third kappa shape index (κ3) is 16.8. The zero-order chi connectivity index (χ0) is 56.7. The molecule has 0 aliphatic carbocycles. The Morgan fingerprint density at radius 1 is 0.987 bits per heavy atom. The highest BCUT2D eigenvalue weighted by molar-refractivity contribution is 5.93. The molecule has 2 bridgehead atoms. The van der Waals surface area contributed by atoms with Gasteiger partial charge >= 0.3 is 5.97 Å². The molecule has 1 spiro atoms. The van der Waals surface area contributed by atoms with Crippen LogP contribution in [0.4, 0.5) is 0 Å². The summed E-state index contributed by atoms with van der Waals surface area (Å²) in [7, 11) is 0. The van der Waals surface area contributed by atoms with Gasteiger partial charge in [-0.3, -0.25) is 29.0 Å². The fraction of sp³-hybridized carbons (Fsp3) is 0.633. The van der Waals surface area contributed by atoms with E-state index in [0.29, 0.717) is 49.7 Å². The van der Waals surface area contributed by atoms with Gasteiger partial charge in [-0.05, 0) is 106 Å². The van der Waals surface area contributed by atoms with E-state index in [0.717, 1.165) is 12.0 Å². The van der Waals surface area contributed by atoms with Gasteiger partial charge in [0, 0.05) is 55.9 Å². The number of ether oxygens (including phenoxy) is 2. The first-order valence-electron chi connectivity index (χ1n) is 28.0. The number of aromatic hydroxyl groups is 1. The fourth-order valence-corrected chi connectivity index (χ4v) is 11.1. The molecule has 5 rings (SSSR count). The highest BCUT2D eigenvalue weighted by atomic mass is 16.5. The Hall–Kier alpha value is -5.46. The van der Waals surface area contributed by atoms with Crippen molar-refractivity contribution in [3.05, 3.63) is 89.6 Å². The topological polar surface area (TPSA) is 253 Å². The number of ketones is 1. The summed E-state index contributed by atoms with van der Waals surface area (Å²) in [6, 6.07) is 3.06. The van der Waals surface area contributed by atoms with E-state index in [-0.39, 0.29) is 79.3 Å². The second-order valence-corrected chi connectivity index (χ2v) is 22.7. The molecule has 1 aromatic rings. The lowest BCUT2D eigenvalue weighted by Crippen LogP contribution is -2.71. The van der Waals surface area contributed by atoms with Gasteiger partial charge in [-0.15, -0.1) is 0 Å². The number of esters is 1. The van der Waals surface area contributed by atoms with Gasteiger partial charge in [-0.25, -0.2) is 5.43 Å². The van der Waals surface area contributed by atoms with E-state index in [1.165, 1.54) is 24.1 Å². The van der Waals surface area contributed by atoms with Gasteiger partial charge < -0.3 is 50.6 Å². The quantitative estimate of drug-likeness (QED) is 0.0705. The van der Waals surface area contributed by atoms with Crippen molar-refractivity contribution in [3.63, 3.8) is 0 Å². The SMILES string of the molecule is CC[C@H]1C[C@H](C)[C@@]2(NC1=O)O[C@@H](C[C@H](O)[C@@H](C)CCC=CC=C(C)[C@@H]1CC=CC=CC=C(C)[C@@H](O)[C@@H](CCC(C)=O)C(=O)N[C@@H](C(C)C)C(=O)N[C@@H](Cc3cccc(O)c3)C(=O)N3CCC[C@H](N3)C(=O)O1)[C@H](C)[C@H](O)[C@@H]2C. The molecule has 0 aromatic heterocycles. The van der Waals surface area contributed by atoms with Crippen molar-refractivity contribution in [3.8, 4) is 5.75 Å². The summed E-state index contributed by atoms with van der Waals surface area (Å²) in [4.78, 5) is 82.0. The molecule has 4 amide bonds. The molecule has 4 aliphatic heterocycles. The Morgan fingerprint density at radius 2 is 1.73 bits per heavy atom. The van der Waals surface area contributed by atoms with E-state index in [9.17, 15) is 49.2 Å². The molecule has 0 radical (unpaired) electrons. The van der Waals surface area contributed by atoms with Gasteiger partial charge in [0.15, 0.2) is 0 Å². The maximum absolute atomic E-state index is 14.5. The third-order valence-electron chi connectivity index (χ3n) is 16.4. The van der Waals surface area contributed by atoms with Crippen LogP contribution < -0.4 is 21.4 Å². The first-order valence-corrected chi connectivity index (χ1v) is 28.0. The average Bonchev–Trinajstić information content (AvgIpc) is 3.42. The van der Waals surface area contributed by atoms with Gasteiger partial charge in [0.1, 0.15) is 41.5 Å². The van der Waals surface area contributed by atoms with Gasteiger partial charge in [-0.2, -0.15) is 0 Å². The number of hydrazine groups is 1. The van der Waals surface area contributed by atoms with Crippen LogP contribution in [0.15, 0.2) is 84.0 Å². The predicted octanol–water partition coefficient (Wildman–Crippen LogP) is 6.36. The van der Waals surface area contributed by atoms with Gasteiger partial charge in [-0.1, -0.05) is 109 Å². The van der Waals surface area contributed by atoms with Gasteiger partial charge in [0.25, 0.3) is 5.91 Å². The molecular weight excluding hydrogens is 983 g/mol. The van der Waals surface area contributed by atoms with E-state index >= 15 is 0 Å². The molecule has 1 aromatic carbocycles. The molecule has 8 N–H and O–H groups in total. The first kappa shape index (κ1) is 62.4. The number of carbonyl (C=O) groups excluding carboxylic acids is 6. The highest BCUT2D eigenvalue weighted by Gasteiger charge is 2.57. The number of phenolic OH excluding ortho intramolecular Hbond substituents is 1. The van der Waals surface area contributed by atoms with Crippen molar-refractivity contribution in [2.45, 2.75) is 194 Å². The zero-order valence-electron chi connectivity index (χ0n) is 47.1. The Labute approximate surface area is 456 Å². The number of nitrogens with one attached hydrogen (secondary N) is 4. The second kappa shape index (κ2) is 29.0. The van der Waals surface area contributed by atoms with Crippen molar-refractivity contribution >= 4 is 35.4 Å². The molecule has 15 atom stereocenters. The summed E-state index contributed by atoms with van der Waals surface area (Å²) < 4.78 is 12.9. The van der Waals surface area contributed by atoms with E-state index in [1.54, 1.807) is 57.2 Å². The summed E-state index contributed by atoms with van der Waals surface area (Å²) in [5.74, 6) is -5.01. The number of allylic oxidation sites excluding steroid dienone is 7. The maximum atomic E-state index is 14.5. The lowest BCUT2D eigenvalue weighted by Gasteiger charge is -2.56. The smallest absolute Gasteiger partial charge is 0.325 e. The second-order valence-electron chi connectivity index (χ2n) is 22.7. The molecule has 4 heterocycles. The number of Topliss-reactive ketones (excluding diaryl/α,β-unsaturated/α-hetero) is 1. The van der Waals surface area contributed by atoms with Crippen molar-refractivity contribution in [1.29, 1.82) is 0 Å². The van der Waals surface area contributed by atoms with Crippen LogP contribution in [0.2, 0.25) is 0 Å². The minimum absolute atomic E-state index is 0.0173. The summed E-state index contributed by atoms with van der Waals surface area (Å²) >= 11 is 0. The summed E-state index contributed by atoms with van der Waals surface area (Å²) in [5, 5.41) is 54.8. The average molecular weight is 1070 g/mol. The number of amides is 4. The van der Waals surface area contributed by atoms with E-state index in [4.69, 9.17) is 9.47 Å². The molecule has 426 valence electrons. The largest absolute Gasteiger partial charge is 0.508 e. The number of aliphatic hydroxyl groups excluding tert-OH is 3. The molecule has 17 heteroatoms. The minimum Gasteiger partial charge on any atom is -0.508 e. The summed E-state index contributed by atoms with van der Waals surface area (Å²) in [6.07, 6.45) is 14.7. The summed E-state index contributed by atoms with van der Waals surface area (Å²) in [5.41, 5.74) is 3.80. The lowest BCUT2D eigenvalue weighted by atomic mass is 9.69. The Kier molecular flexibility index (Phi) is 23.5. The number of aliphatic hydroxyl groups is 3. The number of rotatable bonds is 15. The van der Waals surface area contributed by atoms with Gasteiger partial charge in [0.2, 0.25) is 17.7 Å². The van der Waals surface area contributed by atoms with Crippen LogP contribution in [0, 0.1) is 41.4 Å². The zero-order valence-corrected chi connectivity index (χ0v) is 47.1. The van der Waals surface area contributed by atoms with Crippen LogP contribution in [0.25, 0.3) is 0 Å². The number of hydrogen-bond donors (Lipinski definition) is 8. The maximum Gasteiger partial charge on any atom is 0.325 e. The van der Waals surface area contributed by atoms with Crippen molar-refractivity contribution in [1.82, 2.24) is 26.4 Å². The molecule has 77 heavy (non-hydrogen) atoms. The van der Waals surface area contributed by atoms with Crippen molar-refractivity contribution < 1.29 is 58.7 Å². The minimum atomic E-state index is -1.30. The van der Waals surface area contributed by atoms with Crippen LogP contribution in [0.1, 0.15) is 139 Å². The number of nitrogens with zero attached hydrogens (tertiary/aromatic N) is 1. The number of carbonyl (C=O) groups is 6. The van der Waals surface area contributed by atoms with Crippen LogP contribution in [-0.2, 0) is 44.7 Å². The number of piperidine rings is 1. The highest BCUT2D eigenvalue weighted by Crippen LogP contribution is 2.46. The number of fused-ring (bicyclic) bond motifs is 2. The van der Waals surface area contributed by atoms with Crippen LogP contribution >= 0.6 is 0 Å². The molecular formula is C60H89N5O12. The summed E-state index contributed by atoms with van der Waals surface area (Å²) in [6.45, 7) is 18.5. The van der Waals surface area contributed by atoms with Crippen molar-refractivity contribution in [2.75, 3.05) is 6.54 Å². The first-order chi connectivity index (χ1) is 36.5. The fourth-order valence-electron chi connectivity index (χ4n) is 11.1. The molecule has 3 fully saturated rings. The number of phenols is 1. The molecule has 4 aliphatic rings. The van der Waals surface area contributed by atoms with E-state index in [1.807, 2.05) is 58.9 Å². The number of hydrogen-bond acceptors (Lipinski definition) is 13. The monoisotopic (exact) mass is 1070 g/mol. The van der Waals surface area contributed by atoms with Crippen LogP contribution in [-0.4, -0.2) is 122 Å². The third-order valence-corrected chi connectivity index (χ3v) is 16.4. The Morgan fingerprint density at radius 3 is 2.42 bits per heavy atom. The van der Waals surface area contributed by atoms with Gasteiger partial charge in [0.05, 0.1) is 30.3 Å². The van der Waals surface area contributed by atoms with Crippen molar-refractivity contribution in [2.24, 2.45) is 41.4 Å². The Balaban J connectivity index is 1.34.